The standard InChI is InChI=1S/C20H25NO2S/c1-5-23-19(22)16(13-21)7-6-14(2)15-8-9-18-17(12-15)20(3,4)10-11-24-18/h6-9,12-13H,2,5,10-11,21H2,1,3-4H3/b7-6-,16-13+. The van der Waals surface area contributed by atoms with E-state index in [0.29, 0.717) is 12.2 Å². The van der Waals surface area contributed by atoms with E-state index in [0.717, 1.165) is 16.9 Å². The van der Waals surface area contributed by atoms with Crippen LogP contribution in [-0.2, 0) is 14.9 Å². The number of rotatable bonds is 5. The fraction of sp³-hybridized carbons (Fsp3) is 0.350. The lowest BCUT2D eigenvalue weighted by molar-refractivity contribution is -0.138. The molecule has 0 saturated heterocycles. The van der Waals surface area contributed by atoms with Crippen LogP contribution in [0.4, 0.5) is 0 Å². The summed E-state index contributed by atoms with van der Waals surface area (Å²) < 4.78 is 4.96. The Bertz CT molecular complexity index is 702. The predicted molar refractivity (Wildman–Crippen MR) is 102 cm³/mol. The summed E-state index contributed by atoms with van der Waals surface area (Å²) in [5.41, 5.74) is 9.27. The number of esters is 1. The molecule has 4 heteroatoms. The van der Waals surface area contributed by atoms with Crippen LogP contribution in [-0.4, -0.2) is 18.3 Å². The van der Waals surface area contributed by atoms with E-state index in [1.54, 1.807) is 19.1 Å². The maximum atomic E-state index is 11.7. The molecule has 128 valence electrons. The lowest BCUT2D eigenvalue weighted by atomic mass is 9.80. The van der Waals surface area contributed by atoms with Crippen LogP contribution in [0.3, 0.4) is 0 Å². The Hall–Kier alpha value is -1.94. The van der Waals surface area contributed by atoms with Crippen LogP contribution in [0.2, 0.25) is 0 Å². The average molecular weight is 343 g/mol. The summed E-state index contributed by atoms with van der Waals surface area (Å²) in [4.78, 5) is 13.1. The van der Waals surface area contributed by atoms with Crippen LogP contribution in [0, 0.1) is 0 Å². The fourth-order valence-corrected chi connectivity index (χ4v) is 4.12. The van der Waals surface area contributed by atoms with Gasteiger partial charge in [0.15, 0.2) is 0 Å². The molecule has 1 aliphatic heterocycles. The second kappa shape index (κ2) is 7.75. The lowest BCUT2D eigenvalue weighted by Gasteiger charge is -2.32. The first-order valence-corrected chi connectivity index (χ1v) is 9.11. The topological polar surface area (TPSA) is 52.3 Å². The number of allylic oxidation sites excluding steroid dienone is 2. The minimum atomic E-state index is -0.424. The maximum absolute atomic E-state index is 11.7. The van der Waals surface area contributed by atoms with E-state index >= 15 is 0 Å². The van der Waals surface area contributed by atoms with Crippen molar-refractivity contribution in [2.45, 2.75) is 37.5 Å². The van der Waals surface area contributed by atoms with E-state index in [-0.39, 0.29) is 5.41 Å². The second-order valence-corrected chi connectivity index (χ2v) is 7.53. The van der Waals surface area contributed by atoms with Crippen molar-refractivity contribution in [1.82, 2.24) is 0 Å². The Kier molecular flexibility index (Phi) is 5.94. The monoisotopic (exact) mass is 343 g/mol. The number of fused-ring (bicyclic) bond motifs is 1. The van der Waals surface area contributed by atoms with Crippen molar-refractivity contribution in [2.24, 2.45) is 5.73 Å². The minimum absolute atomic E-state index is 0.174. The number of hydrogen-bond donors (Lipinski definition) is 1. The van der Waals surface area contributed by atoms with E-state index in [2.05, 4.69) is 38.6 Å². The molecule has 1 aromatic rings. The van der Waals surface area contributed by atoms with Gasteiger partial charge in [-0.3, -0.25) is 0 Å². The highest BCUT2D eigenvalue weighted by atomic mass is 32.2. The molecular formula is C20H25NO2S. The van der Waals surface area contributed by atoms with Crippen molar-refractivity contribution >= 4 is 23.3 Å². The van der Waals surface area contributed by atoms with Crippen molar-refractivity contribution < 1.29 is 9.53 Å². The Morgan fingerprint density at radius 2 is 2.17 bits per heavy atom. The van der Waals surface area contributed by atoms with E-state index in [4.69, 9.17) is 10.5 Å². The molecular weight excluding hydrogens is 318 g/mol. The first kappa shape index (κ1) is 18.4. The number of carbonyl (C=O) groups excluding carboxylic acids is 1. The molecule has 0 saturated carbocycles. The van der Waals surface area contributed by atoms with Crippen LogP contribution in [0.15, 0.2) is 53.6 Å². The van der Waals surface area contributed by atoms with Gasteiger partial charge >= 0.3 is 5.97 Å². The maximum Gasteiger partial charge on any atom is 0.339 e. The van der Waals surface area contributed by atoms with Gasteiger partial charge in [0.25, 0.3) is 0 Å². The zero-order valence-electron chi connectivity index (χ0n) is 14.6. The van der Waals surface area contributed by atoms with Crippen LogP contribution in [0.1, 0.15) is 38.3 Å². The molecule has 0 atom stereocenters. The Morgan fingerprint density at radius 3 is 2.83 bits per heavy atom. The molecule has 0 fully saturated rings. The summed E-state index contributed by atoms with van der Waals surface area (Å²) in [5.74, 6) is 0.733. The molecule has 0 aromatic heterocycles. The zero-order chi connectivity index (χ0) is 17.7. The van der Waals surface area contributed by atoms with E-state index < -0.39 is 5.97 Å². The number of nitrogens with two attached hydrogens (primary N) is 1. The molecule has 1 aromatic carbocycles. The molecule has 3 nitrogen and oxygen atoms in total. The van der Waals surface area contributed by atoms with Gasteiger partial charge in [-0.2, -0.15) is 0 Å². The van der Waals surface area contributed by atoms with Crippen LogP contribution >= 0.6 is 11.8 Å². The molecule has 0 spiro atoms. The number of benzene rings is 1. The van der Waals surface area contributed by atoms with Gasteiger partial charge < -0.3 is 10.5 Å². The van der Waals surface area contributed by atoms with Gasteiger partial charge in [0, 0.05) is 11.1 Å². The quantitative estimate of drug-likeness (QED) is 0.488. The van der Waals surface area contributed by atoms with Gasteiger partial charge in [-0.15, -0.1) is 11.8 Å². The number of carbonyl (C=O) groups is 1. The number of ether oxygens (including phenoxy) is 1. The van der Waals surface area contributed by atoms with Gasteiger partial charge in [0.1, 0.15) is 0 Å². The highest BCUT2D eigenvalue weighted by Gasteiger charge is 2.27. The van der Waals surface area contributed by atoms with Crippen LogP contribution < -0.4 is 5.73 Å². The molecule has 0 bridgehead atoms. The molecule has 0 aliphatic carbocycles. The molecule has 0 radical (unpaired) electrons. The van der Waals surface area contributed by atoms with E-state index in [1.165, 1.54) is 23.1 Å². The largest absolute Gasteiger partial charge is 0.462 e. The van der Waals surface area contributed by atoms with E-state index in [1.807, 2.05) is 11.8 Å². The van der Waals surface area contributed by atoms with Gasteiger partial charge in [0.05, 0.1) is 12.2 Å². The van der Waals surface area contributed by atoms with Crippen LogP contribution in [0.25, 0.3) is 5.57 Å². The first-order valence-electron chi connectivity index (χ1n) is 8.12. The summed E-state index contributed by atoms with van der Waals surface area (Å²) in [7, 11) is 0. The summed E-state index contributed by atoms with van der Waals surface area (Å²) in [5, 5.41) is 0. The van der Waals surface area contributed by atoms with Crippen molar-refractivity contribution in [2.75, 3.05) is 12.4 Å². The first-order chi connectivity index (χ1) is 11.4. The van der Waals surface area contributed by atoms with E-state index in [9.17, 15) is 4.79 Å². The smallest absolute Gasteiger partial charge is 0.339 e. The van der Waals surface area contributed by atoms with Crippen molar-refractivity contribution in [3.63, 3.8) is 0 Å². The summed E-state index contributed by atoms with van der Waals surface area (Å²) >= 11 is 1.91. The molecule has 1 heterocycles. The Labute approximate surface area is 148 Å². The lowest BCUT2D eigenvalue weighted by Crippen LogP contribution is -2.22. The van der Waals surface area contributed by atoms with Gasteiger partial charge in [0.2, 0.25) is 0 Å². The van der Waals surface area contributed by atoms with Crippen LogP contribution in [0.5, 0.6) is 0 Å². The highest BCUT2D eigenvalue weighted by Crippen LogP contribution is 2.42. The number of hydrogen-bond acceptors (Lipinski definition) is 4. The third kappa shape index (κ3) is 4.12. The normalized spacial score (nSPS) is 16.7. The van der Waals surface area contributed by atoms with Crippen molar-refractivity contribution in [1.29, 1.82) is 0 Å². The fourth-order valence-electron chi connectivity index (χ4n) is 2.63. The Morgan fingerprint density at radius 1 is 1.42 bits per heavy atom. The highest BCUT2D eigenvalue weighted by molar-refractivity contribution is 7.99. The molecule has 2 rings (SSSR count). The molecule has 1 aliphatic rings. The van der Waals surface area contributed by atoms with Gasteiger partial charge in [-0.05, 0) is 59.4 Å². The molecule has 24 heavy (non-hydrogen) atoms. The van der Waals surface area contributed by atoms with Gasteiger partial charge in [-0.25, -0.2) is 4.79 Å². The number of thioether (sulfide) groups is 1. The van der Waals surface area contributed by atoms with Gasteiger partial charge in [-0.1, -0.05) is 32.6 Å². The third-order valence-corrected chi connectivity index (χ3v) is 5.29. The molecule has 0 amide bonds. The summed E-state index contributed by atoms with van der Waals surface area (Å²) in [6.07, 6.45) is 5.88. The average Bonchev–Trinajstić information content (AvgIpc) is 2.55. The zero-order valence-corrected chi connectivity index (χ0v) is 15.4. The van der Waals surface area contributed by atoms with Crippen molar-refractivity contribution in [3.05, 3.63) is 59.8 Å². The predicted octanol–water partition coefficient (Wildman–Crippen LogP) is 4.44. The van der Waals surface area contributed by atoms with Crippen molar-refractivity contribution in [3.8, 4) is 0 Å². The minimum Gasteiger partial charge on any atom is -0.462 e. The summed E-state index contributed by atoms with van der Waals surface area (Å²) in [6.45, 7) is 10.8. The molecule has 0 unspecified atom stereocenters. The SMILES string of the molecule is C=C(/C=C\C(=C/N)C(=O)OCC)c1ccc2c(c1)C(C)(C)CCS2. The Balaban J connectivity index is 2.22. The third-order valence-electron chi connectivity index (χ3n) is 4.22. The summed E-state index contributed by atoms with van der Waals surface area (Å²) in [6, 6.07) is 6.46. The second-order valence-electron chi connectivity index (χ2n) is 6.39. The molecule has 2 N–H and O–H groups in total.